The third-order valence-electron chi connectivity index (χ3n) is 3.54. The summed E-state index contributed by atoms with van der Waals surface area (Å²) in [6.45, 7) is 7.61. The van der Waals surface area contributed by atoms with Crippen LogP contribution in [0, 0.1) is 0 Å². The molecule has 0 spiro atoms. The molecule has 110 valence electrons. The topological polar surface area (TPSA) is 27.7 Å². The summed E-state index contributed by atoms with van der Waals surface area (Å²) in [7, 11) is 1.54. The molecule has 2 rings (SSSR count). The molecule has 3 nitrogen and oxygen atoms in total. The summed E-state index contributed by atoms with van der Waals surface area (Å²) in [6, 6.07) is 4.45. The zero-order valence-corrected chi connectivity index (χ0v) is 13.1. The number of rotatable bonds is 7. The van der Waals surface area contributed by atoms with Gasteiger partial charge in [0.25, 0.3) is 0 Å². The number of ether oxygens (including phenoxy) is 1. The SMILES string of the molecule is CCCCc1cc(COC)cc2c1B(OC(C)C)OC2. The highest BCUT2D eigenvalue weighted by molar-refractivity contribution is 6.63. The summed E-state index contributed by atoms with van der Waals surface area (Å²) < 4.78 is 17.0. The Hall–Kier alpha value is -0.835. The van der Waals surface area contributed by atoms with Crippen LogP contribution in [0.4, 0.5) is 0 Å². The van der Waals surface area contributed by atoms with Gasteiger partial charge in [-0.1, -0.05) is 25.5 Å². The molecule has 1 aromatic carbocycles. The fraction of sp³-hybridized carbons (Fsp3) is 0.625. The summed E-state index contributed by atoms with van der Waals surface area (Å²) in [4.78, 5) is 0. The Labute approximate surface area is 122 Å². The van der Waals surface area contributed by atoms with E-state index in [1.54, 1.807) is 7.11 Å². The van der Waals surface area contributed by atoms with Gasteiger partial charge in [0.1, 0.15) is 0 Å². The number of benzene rings is 1. The first-order valence-electron chi connectivity index (χ1n) is 7.56. The normalized spacial score (nSPS) is 14.2. The molecule has 0 saturated carbocycles. The molecule has 0 fully saturated rings. The zero-order chi connectivity index (χ0) is 14.5. The van der Waals surface area contributed by atoms with E-state index in [0.29, 0.717) is 13.2 Å². The van der Waals surface area contributed by atoms with Crippen molar-refractivity contribution in [2.75, 3.05) is 7.11 Å². The van der Waals surface area contributed by atoms with Gasteiger partial charge in [-0.3, -0.25) is 0 Å². The van der Waals surface area contributed by atoms with Crippen LogP contribution in [0.25, 0.3) is 0 Å². The van der Waals surface area contributed by atoms with E-state index in [2.05, 4.69) is 19.1 Å². The van der Waals surface area contributed by atoms with E-state index in [1.165, 1.54) is 35.0 Å². The number of hydrogen-bond donors (Lipinski definition) is 0. The van der Waals surface area contributed by atoms with Crippen molar-refractivity contribution >= 4 is 12.6 Å². The Morgan fingerprint density at radius 2 is 2.15 bits per heavy atom. The minimum atomic E-state index is -0.201. The molecule has 1 aliphatic rings. The standard InChI is InChI=1S/C16H25BO3/c1-5-6-7-14-8-13(10-18-4)9-15-11-19-17(16(14)15)20-12(2)3/h8-9,12H,5-7,10-11H2,1-4H3. The minimum absolute atomic E-state index is 0.170. The van der Waals surface area contributed by atoms with Crippen molar-refractivity contribution in [3.63, 3.8) is 0 Å². The van der Waals surface area contributed by atoms with Gasteiger partial charge >= 0.3 is 7.12 Å². The van der Waals surface area contributed by atoms with Gasteiger partial charge in [0.15, 0.2) is 0 Å². The Morgan fingerprint density at radius 1 is 1.35 bits per heavy atom. The monoisotopic (exact) mass is 276 g/mol. The van der Waals surface area contributed by atoms with E-state index < -0.39 is 0 Å². The van der Waals surface area contributed by atoms with Crippen LogP contribution in [0.2, 0.25) is 0 Å². The summed E-state index contributed by atoms with van der Waals surface area (Å²) in [6.07, 6.45) is 3.64. The van der Waals surface area contributed by atoms with Crippen LogP contribution < -0.4 is 5.46 Å². The van der Waals surface area contributed by atoms with Gasteiger partial charge in [0.2, 0.25) is 0 Å². The number of aryl methyl sites for hydroxylation is 1. The highest BCUT2D eigenvalue weighted by atomic mass is 16.6. The Morgan fingerprint density at radius 3 is 2.80 bits per heavy atom. The number of methoxy groups -OCH3 is 1. The van der Waals surface area contributed by atoms with Crippen LogP contribution in [-0.4, -0.2) is 20.3 Å². The minimum Gasteiger partial charge on any atom is -0.405 e. The first kappa shape index (κ1) is 15.6. The number of unbranched alkanes of at least 4 members (excludes halogenated alkanes) is 1. The van der Waals surface area contributed by atoms with Crippen LogP contribution >= 0.6 is 0 Å². The van der Waals surface area contributed by atoms with E-state index in [-0.39, 0.29) is 13.2 Å². The van der Waals surface area contributed by atoms with Crippen molar-refractivity contribution in [2.24, 2.45) is 0 Å². The molecule has 1 aromatic rings. The van der Waals surface area contributed by atoms with Gasteiger partial charge in [-0.2, -0.15) is 0 Å². The lowest BCUT2D eigenvalue weighted by atomic mass is 9.73. The maximum Gasteiger partial charge on any atom is 0.494 e. The van der Waals surface area contributed by atoms with Crippen LogP contribution in [0.15, 0.2) is 12.1 Å². The van der Waals surface area contributed by atoms with E-state index in [4.69, 9.17) is 14.0 Å². The molecule has 4 heteroatoms. The van der Waals surface area contributed by atoms with Gasteiger partial charge in [-0.15, -0.1) is 0 Å². The second-order valence-corrected chi connectivity index (χ2v) is 5.69. The van der Waals surface area contributed by atoms with Crippen LogP contribution in [-0.2, 0) is 33.7 Å². The van der Waals surface area contributed by atoms with Crippen molar-refractivity contribution in [1.82, 2.24) is 0 Å². The molecule has 1 aliphatic heterocycles. The van der Waals surface area contributed by atoms with Crippen molar-refractivity contribution in [3.05, 3.63) is 28.8 Å². The molecule has 0 N–H and O–H groups in total. The molecular formula is C16H25BO3. The van der Waals surface area contributed by atoms with Crippen molar-refractivity contribution in [1.29, 1.82) is 0 Å². The molecule has 0 aliphatic carbocycles. The second-order valence-electron chi connectivity index (χ2n) is 5.69. The molecule has 0 amide bonds. The molecule has 0 unspecified atom stereocenters. The van der Waals surface area contributed by atoms with E-state index >= 15 is 0 Å². The smallest absolute Gasteiger partial charge is 0.405 e. The average molecular weight is 276 g/mol. The van der Waals surface area contributed by atoms with Crippen molar-refractivity contribution in [3.8, 4) is 0 Å². The average Bonchev–Trinajstić information content (AvgIpc) is 2.79. The lowest BCUT2D eigenvalue weighted by Gasteiger charge is -2.16. The fourth-order valence-corrected chi connectivity index (χ4v) is 2.70. The lowest BCUT2D eigenvalue weighted by molar-refractivity contribution is 0.170. The Balaban J connectivity index is 2.30. The third-order valence-corrected chi connectivity index (χ3v) is 3.54. The molecule has 0 saturated heterocycles. The van der Waals surface area contributed by atoms with E-state index in [0.717, 1.165) is 6.42 Å². The Bertz CT molecular complexity index is 446. The van der Waals surface area contributed by atoms with Gasteiger partial charge in [0, 0.05) is 13.2 Å². The van der Waals surface area contributed by atoms with E-state index in [1.807, 2.05) is 13.8 Å². The van der Waals surface area contributed by atoms with Crippen LogP contribution in [0.1, 0.15) is 50.3 Å². The lowest BCUT2D eigenvalue weighted by Crippen LogP contribution is -2.37. The fourth-order valence-electron chi connectivity index (χ4n) is 2.70. The predicted molar refractivity (Wildman–Crippen MR) is 82.2 cm³/mol. The highest BCUT2D eigenvalue weighted by Crippen LogP contribution is 2.20. The zero-order valence-electron chi connectivity index (χ0n) is 13.1. The number of hydrogen-bond acceptors (Lipinski definition) is 3. The van der Waals surface area contributed by atoms with Crippen LogP contribution in [0.5, 0.6) is 0 Å². The summed E-state index contributed by atoms with van der Waals surface area (Å²) in [5.74, 6) is 0. The quantitative estimate of drug-likeness (QED) is 0.717. The van der Waals surface area contributed by atoms with Crippen LogP contribution in [0.3, 0.4) is 0 Å². The molecule has 0 bridgehead atoms. The molecule has 1 heterocycles. The van der Waals surface area contributed by atoms with Crippen molar-refractivity contribution < 1.29 is 14.0 Å². The molecule has 20 heavy (non-hydrogen) atoms. The Kier molecular flexibility index (Phi) is 5.64. The highest BCUT2D eigenvalue weighted by Gasteiger charge is 2.34. The number of fused-ring (bicyclic) bond motifs is 1. The summed E-state index contributed by atoms with van der Waals surface area (Å²) in [5.41, 5.74) is 5.11. The van der Waals surface area contributed by atoms with Gasteiger partial charge < -0.3 is 14.0 Å². The molecule has 0 aromatic heterocycles. The second kappa shape index (κ2) is 7.25. The van der Waals surface area contributed by atoms with Gasteiger partial charge in [-0.25, -0.2) is 0 Å². The summed E-state index contributed by atoms with van der Waals surface area (Å²) in [5, 5.41) is 0. The molecule has 0 atom stereocenters. The predicted octanol–water partition coefficient (Wildman–Crippen LogP) is 2.83. The van der Waals surface area contributed by atoms with E-state index in [9.17, 15) is 0 Å². The van der Waals surface area contributed by atoms with Gasteiger partial charge in [-0.05, 0) is 48.8 Å². The first-order valence-corrected chi connectivity index (χ1v) is 7.56. The summed E-state index contributed by atoms with van der Waals surface area (Å²) >= 11 is 0. The first-order chi connectivity index (χ1) is 9.65. The molecular weight excluding hydrogens is 251 g/mol. The van der Waals surface area contributed by atoms with Gasteiger partial charge in [0.05, 0.1) is 13.2 Å². The maximum atomic E-state index is 5.90. The molecule has 0 radical (unpaired) electrons. The third kappa shape index (κ3) is 3.63. The largest absolute Gasteiger partial charge is 0.494 e. The maximum absolute atomic E-state index is 5.90. The van der Waals surface area contributed by atoms with Crippen molar-refractivity contribution in [2.45, 2.75) is 59.4 Å².